The van der Waals surface area contributed by atoms with E-state index in [0.717, 1.165) is 11.8 Å². The van der Waals surface area contributed by atoms with E-state index in [1.54, 1.807) is 23.1 Å². The summed E-state index contributed by atoms with van der Waals surface area (Å²) in [5, 5.41) is 0. The summed E-state index contributed by atoms with van der Waals surface area (Å²) in [6.45, 7) is 5.42. The van der Waals surface area contributed by atoms with Crippen LogP contribution in [0.15, 0.2) is 78.2 Å². The Morgan fingerprint density at radius 1 is 1.00 bits per heavy atom. The topological polar surface area (TPSA) is 79.0 Å². The normalized spacial score (nSPS) is 14.0. The molecule has 0 radical (unpaired) electrons. The average Bonchev–Trinajstić information content (AvgIpc) is 2.88. The molecule has 36 heavy (non-hydrogen) atoms. The Labute approximate surface area is 210 Å². The third-order valence-corrected chi connectivity index (χ3v) is 7.27. The molecule has 3 aromatic rings. The fourth-order valence-corrected chi connectivity index (χ4v) is 4.90. The summed E-state index contributed by atoms with van der Waals surface area (Å²) in [5.41, 5.74) is 5.89. The number of halogens is 1. The molecule has 1 aliphatic rings. The highest BCUT2D eigenvalue weighted by Gasteiger charge is 2.26. The van der Waals surface area contributed by atoms with Crippen molar-refractivity contribution in [2.45, 2.75) is 4.90 Å². The zero-order valence-electron chi connectivity index (χ0n) is 20.2. The second-order valence-corrected chi connectivity index (χ2v) is 10.6. The lowest BCUT2D eigenvalue weighted by Gasteiger charge is -2.36. The monoisotopic (exact) mass is 509 g/mol. The van der Waals surface area contributed by atoms with Crippen molar-refractivity contribution in [2.24, 2.45) is 0 Å². The van der Waals surface area contributed by atoms with Crippen LogP contribution in [0.25, 0.3) is 16.8 Å². The number of rotatable bonds is 7. The fraction of sp³-hybridized carbons (Fsp3) is 0.222. The van der Waals surface area contributed by atoms with Crippen molar-refractivity contribution in [3.63, 3.8) is 0 Å². The van der Waals surface area contributed by atoms with Crippen LogP contribution in [0.2, 0.25) is 0 Å². The molecule has 3 aromatic carbocycles. The molecule has 1 amide bonds. The maximum absolute atomic E-state index is 14.9. The van der Waals surface area contributed by atoms with Crippen LogP contribution in [-0.2, 0) is 14.7 Å². The van der Waals surface area contributed by atoms with Crippen molar-refractivity contribution in [3.8, 4) is 11.1 Å². The Kier molecular flexibility index (Phi) is 7.42. The van der Waals surface area contributed by atoms with Crippen LogP contribution >= 0.6 is 0 Å². The quantitative estimate of drug-likeness (QED) is 0.486. The number of sulfone groups is 1. The summed E-state index contributed by atoms with van der Waals surface area (Å²) < 4.78 is 39.2. The number of benzene rings is 3. The number of hydrogen-bond donors (Lipinski definition) is 1. The van der Waals surface area contributed by atoms with E-state index in [2.05, 4.69) is 12.1 Å². The highest BCUT2D eigenvalue weighted by atomic mass is 32.2. The van der Waals surface area contributed by atoms with Crippen molar-refractivity contribution in [1.82, 2.24) is 10.4 Å². The van der Waals surface area contributed by atoms with Crippen LogP contribution in [0.4, 0.5) is 10.1 Å². The molecule has 188 valence electrons. The third kappa shape index (κ3) is 5.42. The third-order valence-electron chi connectivity index (χ3n) is 6.16. The first-order valence-corrected chi connectivity index (χ1v) is 13.3. The molecule has 0 aromatic heterocycles. The number of anilines is 1. The predicted octanol–water partition coefficient (Wildman–Crippen LogP) is 3.98. The van der Waals surface area contributed by atoms with Gasteiger partial charge in [0, 0.05) is 43.6 Å². The maximum atomic E-state index is 14.9. The van der Waals surface area contributed by atoms with Gasteiger partial charge >= 0.3 is 0 Å². The molecule has 0 atom stereocenters. The van der Waals surface area contributed by atoms with Crippen LogP contribution in [0.5, 0.6) is 0 Å². The maximum Gasteiger partial charge on any atom is 0.254 e. The minimum Gasteiger partial charge on any atom is -0.366 e. The van der Waals surface area contributed by atoms with Gasteiger partial charge in [-0.1, -0.05) is 49.0 Å². The molecule has 4 rings (SSSR count). The lowest BCUT2D eigenvalue weighted by Crippen LogP contribution is -2.49. The standard InChI is InChI=1S/C27H28FN3O4S/c1-19(29-35-2)21-9-12-26(25(28)17-21)30-13-15-31(16-14-30)27(32)24-18-22(36(3,33)34)10-11-23(24)20-7-5-4-6-8-20/h4-12,17-18,29H,1,13-16H2,2-3H3. The van der Waals surface area contributed by atoms with E-state index in [4.69, 9.17) is 4.84 Å². The van der Waals surface area contributed by atoms with Gasteiger partial charge in [-0.2, -0.15) is 0 Å². The molecule has 1 saturated heterocycles. The highest BCUT2D eigenvalue weighted by Crippen LogP contribution is 2.29. The van der Waals surface area contributed by atoms with Crippen molar-refractivity contribution >= 4 is 27.1 Å². The Bertz CT molecular complexity index is 1390. The van der Waals surface area contributed by atoms with Gasteiger partial charge in [-0.25, -0.2) is 12.8 Å². The Hall–Kier alpha value is -3.69. The number of carbonyl (C=O) groups excluding carboxylic acids is 1. The SMILES string of the molecule is C=C(NOC)c1ccc(N2CCN(C(=O)c3cc(S(C)(=O)=O)ccc3-c3ccccc3)CC2)c(F)c1. The summed E-state index contributed by atoms with van der Waals surface area (Å²) in [6.07, 6.45) is 1.12. The zero-order chi connectivity index (χ0) is 25.9. The number of nitrogens with zero attached hydrogens (tertiary/aromatic N) is 2. The van der Waals surface area contributed by atoms with Crippen molar-refractivity contribution in [1.29, 1.82) is 0 Å². The average molecular weight is 510 g/mol. The van der Waals surface area contributed by atoms with Crippen LogP contribution in [0.1, 0.15) is 15.9 Å². The van der Waals surface area contributed by atoms with Gasteiger partial charge in [-0.15, -0.1) is 0 Å². The van der Waals surface area contributed by atoms with Crippen molar-refractivity contribution in [2.75, 3.05) is 44.4 Å². The summed E-state index contributed by atoms with van der Waals surface area (Å²) in [5.74, 6) is -0.643. The first kappa shape index (κ1) is 25.4. The zero-order valence-corrected chi connectivity index (χ0v) is 21.0. The second kappa shape index (κ2) is 10.5. The van der Waals surface area contributed by atoms with E-state index in [0.29, 0.717) is 54.3 Å². The molecule has 0 unspecified atom stereocenters. The number of piperazine rings is 1. The van der Waals surface area contributed by atoms with E-state index in [1.165, 1.54) is 25.3 Å². The van der Waals surface area contributed by atoms with Crippen LogP contribution < -0.4 is 10.4 Å². The van der Waals surface area contributed by atoms with Crippen molar-refractivity contribution in [3.05, 3.63) is 90.3 Å². The largest absolute Gasteiger partial charge is 0.366 e. The van der Waals surface area contributed by atoms with Gasteiger partial charge < -0.3 is 9.80 Å². The van der Waals surface area contributed by atoms with E-state index in [9.17, 15) is 17.6 Å². The van der Waals surface area contributed by atoms with Gasteiger partial charge in [0.05, 0.1) is 23.4 Å². The number of nitrogens with one attached hydrogen (secondary N) is 1. The molecule has 0 saturated carbocycles. The van der Waals surface area contributed by atoms with Gasteiger partial charge in [-0.3, -0.25) is 15.1 Å². The molecule has 1 aliphatic heterocycles. The Morgan fingerprint density at radius 3 is 2.31 bits per heavy atom. The molecule has 0 aliphatic carbocycles. The number of carbonyl (C=O) groups is 1. The van der Waals surface area contributed by atoms with Gasteiger partial charge in [0.15, 0.2) is 9.84 Å². The predicted molar refractivity (Wildman–Crippen MR) is 139 cm³/mol. The lowest BCUT2D eigenvalue weighted by atomic mass is 9.98. The first-order valence-electron chi connectivity index (χ1n) is 11.4. The van der Waals surface area contributed by atoms with E-state index >= 15 is 0 Å². The molecule has 1 N–H and O–H groups in total. The van der Waals surface area contributed by atoms with Crippen molar-refractivity contribution < 1.29 is 22.4 Å². The van der Waals surface area contributed by atoms with Crippen LogP contribution in [-0.4, -0.2) is 58.8 Å². The molecular weight excluding hydrogens is 481 g/mol. The van der Waals surface area contributed by atoms with Crippen LogP contribution in [0.3, 0.4) is 0 Å². The van der Waals surface area contributed by atoms with Gasteiger partial charge in [-0.05, 0) is 35.4 Å². The summed E-state index contributed by atoms with van der Waals surface area (Å²) in [7, 11) is -2.04. The molecule has 9 heteroatoms. The summed E-state index contributed by atoms with van der Waals surface area (Å²) >= 11 is 0. The Morgan fingerprint density at radius 2 is 1.69 bits per heavy atom. The van der Waals surface area contributed by atoms with Crippen LogP contribution in [0, 0.1) is 5.82 Å². The van der Waals surface area contributed by atoms with E-state index in [1.807, 2.05) is 35.2 Å². The molecule has 0 bridgehead atoms. The number of hydrogen-bond acceptors (Lipinski definition) is 6. The van der Waals surface area contributed by atoms with Gasteiger partial charge in [0.1, 0.15) is 5.82 Å². The molecule has 7 nitrogen and oxygen atoms in total. The first-order chi connectivity index (χ1) is 17.2. The van der Waals surface area contributed by atoms with E-state index in [-0.39, 0.29) is 10.8 Å². The fourth-order valence-electron chi connectivity index (χ4n) is 4.25. The second-order valence-electron chi connectivity index (χ2n) is 8.58. The Balaban J connectivity index is 1.55. The van der Waals surface area contributed by atoms with E-state index < -0.39 is 15.7 Å². The molecule has 1 heterocycles. The summed E-state index contributed by atoms with van der Waals surface area (Å²) in [6, 6.07) is 18.9. The molecule has 1 fully saturated rings. The molecule has 0 spiro atoms. The minimum absolute atomic E-state index is 0.0934. The molecular formula is C27H28FN3O4S. The smallest absolute Gasteiger partial charge is 0.254 e. The number of hydroxylamine groups is 1. The highest BCUT2D eigenvalue weighted by molar-refractivity contribution is 7.90. The van der Waals surface area contributed by atoms with Gasteiger partial charge in [0.2, 0.25) is 0 Å². The van der Waals surface area contributed by atoms with Gasteiger partial charge in [0.25, 0.3) is 5.91 Å². The lowest BCUT2D eigenvalue weighted by molar-refractivity contribution is 0.0747. The minimum atomic E-state index is -3.49. The summed E-state index contributed by atoms with van der Waals surface area (Å²) in [4.78, 5) is 22.1. The number of amides is 1.